The number of hydrogen-bond acceptors (Lipinski definition) is 12. The van der Waals surface area contributed by atoms with Gasteiger partial charge in [0.05, 0.1) is 47.8 Å². The van der Waals surface area contributed by atoms with Crippen molar-refractivity contribution in [3.63, 3.8) is 0 Å². The van der Waals surface area contributed by atoms with E-state index in [4.69, 9.17) is 9.47 Å². The fraction of sp³-hybridized carbons (Fsp3) is 0.222. The molecule has 0 bridgehead atoms. The lowest BCUT2D eigenvalue weighted by molar-refractivity contribution is 0.356. The first kappa shape index (κ1) is 31.1. The van der Waals surface area contributed by atoms with Gasteiger partial charge in [-0.3, -0.25) is 0 Å². The Labute approximate surface area is 300 Å². The molecule has 0 N–H and O–H groups in total. The van der Waals surface area contributed by atoms with Crippen LogP contribution < -0.4 is 9.47 Å². The number of nitriles is 4. The minimum Gasteiger partial charge on any atom is -0.495 e. The first-order chi connectivity index (χ1) is 23.4. The molecule has 1 fully saturated rings. The van der Waals surface area contributed by atoms with Crippen LogP contribution in [0.2, 0.25) is 0 Å². The molecule has 12 heteroatoms. The molecule has 0 aliphatic heterocycles. The van der Waals surface area contributed by atoms with Crippen molar-refractivity contribution >= 4 is 99.0 Å². The van der Waals surface area contributed by atoms with E-state index in [9.17, 15) is 21.0 Å². The fourth-order valence-corrected chi connectivity index (χ4v) is 15.2. The van der Waals surface area contributed by atoms with Gasteiger partial charge in [0.2, 0.25) is 0 Å². The van der Waals surface area contributed by atoms with Crippen LogP contribution in [0.1, 0.15) is 53.0 Å². The number of hydrogen-bond donors (Lipinski definition) is 0. The normalized spacial score (nSPS) is 14.1. The first-order valence-electron chi connectivity index (χ1n) is 15.0. The van der Waals surface area contributed by atoms with E-state index < -0.39 is 0 Å². The number of thiophene rings is 6. The van der Waals surface area contributed by atoms with E-state index in [0.717, 1.165) is 48.7 Å². The van der Waals surface area contributed by atoms with Gasteiger partial charge in [-0.25, -0.2) is 0 Å². The molecule has 0 radical (unpaired) electrons. The summed E-state index contributed by atoms with van der Waals surface area (Å²) >= 11 is 10.5. The van der Waals surface area contributed by atoms with Gasteiger partial charge in [0.25, 0.3) is 0 Å². The van der Waals surface area contributed by atoms with Crippen molar-refractivity contribution in [1.29, 1.82) is 21.0 Å². The van der Waals surface area contributed by atoms with E-state index in [2.05, 4.69) is 12.1 Å². The number of rotatable bonds is 6. The minimum atomic E-state index is 0.00509. The summed E-state index contributed by atoms with van der Waals surface area (Å²) in [4.78, 5) is 8.74. The minimum absolute atomic E-state index is 0.00509. The smallest absolute Gasteiger partial charge is 0.138 e. The van der Waals surface area contributed by atoms with E-state index in [0.29, 0.717) is 0 Å². The average molecular weight is 735 g/mol. The standard InChI is InChI=1S/C36H22N4O2S6/c1-41-23-10-20(8-18(14-37)15-38)43-30(23)25-12-22-29(45-25)33-28(36(22)6-4-3-5-7-36)34-35(48-33)32-27(47-34)13-26(46-32)31-24(42-2)11-21(44-31)9-19(16-39)17-40/h8-13H,3-7H2,1-2H3. The van der Waals surface area contributed by atoms with E-state index in [1.54, 1.807) is 49.0 Å². The molecule has 1 spiro atoms. The highest BCUT2D eigenvalue weighted by Gasteiger charge is 2.48. The highest BCUT2D eigenvalue weighted by atomic mass is 32.1. The number of methoxy groups -OCH3 is 2. The second-order valence-corrected chi connectivity index (χ2v) is 17.9. The lowest BCUT2D eigenvalue weighted by Gasteiger charge is -2.35. The average Bonchev–Trinajstić information content (AvgIpc) is 3.96. The topological polar surface area (TPSA) is 114 Å². The molecule has 2 aliphatic rings. The van der Waals surface area contributed by atoms with E-state index >= 15 is 0 Å². The zero-order valence-corrected chi connectivity index (χ0v) is 30.5. The van der Waals surface area contributed by atoms with Crippen molar-refractivity contribution in [3.05, 3.63) is 56.3 Å². The Balaban J connectivity index is 1.26. The second-order valence-electron chi connectivity index (χ2n) is 11.5. The van der Waals surface area contributed by atoms with Crippen LogP contribution in [-0.4, -0.2) is 14.2 Å². The van der Waals surface area contributed by atoms with Gasteiger partial charge < -0.3 is 9.47 Å². The Morgan fingerprint density at radius 3 is 1.77 bits per heavy atom. The van der Waals surface area contributed by atoms with Gasteiger partial charge in [-0.2, -0.15) is 21.0 Å². The van der Waals surface area contributed by atoms with E-state index in [1.165, 1.54) is 75.2 Å². The van der Waals surface area contributed by atoms with Gasteiger partial charge in [-0.05, 0) is 54.8 Å². The van der Waals surface area contributed by atoms with Crippen LogP contribution >= 0.6 is 68.0 Å². The molecule has 0 saturated heterocycles. The van der Waals surface area contributed by atoms with E-state index in [1.807, 2.05) is 70.4 Å². The van der Waals surface area contributed by atoms with Gasteiger partial charge in [-0.15, -0.1) is 68.0 Å². The molecule has 0 atom stereocenters. The predicted molar refractivity (Wildman–Crippen MR) is 200 cm³/mol. The highest BCUT2D eigenvalue weighted by molar-refractivity contribution is 7.41. The molecule has 234 valence electrons. The Morgan fingerprint density at radius 1 is 0.625 bits per heavy atom. The molecule has 1 saturated carbocycles. The molecule has 6 aromatic rings. The molecular weight excluding hydrogens is 713 g/mol. The maximum Gasteiger partial charge on any atom is 0.138 e. The third-order valence-corrected chi connectivity index (χ3v) is 16.7. The van der Waals surface area contributed by atoms with Crippen molar-refractivity contribution in [1.82, 2.24) is 0 Å². The van der Waals surface area contributed by atoms with Gasteiger partial charge in [0, 0.05) is 35.2 Å². The Kier molecular flexibility index (Phi) is 7.78. The zero-order chi connectivity index (χ0) is 33.2. The maximum atomic E-state index is 9.30. The number of fused-ring (bicyclic) bond motifs is 9. The molecule has 8 rings (SSSR count). The summed E-state index contributed by atoms with van der Waals surface area (Å²) in [6, 6.07) is 16.3. The zero-order valence-electron chi connectivity index (χ0n) is 25.6. The maximum absolute atomic E-state index is 9.30. The van der Waals surface area contributed by atoms with Crippen LogP contribution in [0.4, 0.5) is 0 Å². The second kappa shape index (κ2) is 12.0. The largest absolute Gasteiger partial charge is 0.495 e. The monoisotopic (exact) mass is 734 g/mol. The van der Waals surface area contributed by atoms with Crippen molar-refractivity contribution in [3.8, 4) is 65.0 Å². The van der Waals surface area contributed by atoms with Gasteiger partial charge in [-0.1, -0.05) is 19.3 Å². The summed E-state index contributed by atoms with van der Waals surface area (Å²) in [7, 11) is 3.33. The molecular formula is C36H22N4O2S6. The summed E-state index contributed by atoms with van der Waals surface area (Å²) in [5.41, 5.74) is 3.13. The lowest BCUT2D eigenvalue weighted by atomic mass is 9.68. The number of allylic oxidation sites excluding steroid dienone is 2. The summed E-state index contributed by atoms with van der Waals surface area (Å²) < 4.78 is 16.9. The summed E-state index contributed by atoms with van der Waals surface area (Å²) in [5.74, 6) is 1.51. The molecule has 6 nitrogen and oxygen atoms in total. The van der Waals surface area contributed by atoms with Crippen LogP contribution in [0, 0.1) is 45.3 Å². The SMILES string of the molecule is COc1cc(C=C(C#N)C#N)sc1-c1cc2c(s1)-c1sc3c(sc4cc(-c5sc(C=C(C#N)C#N)cc5OC)sc43)c1C21CCCCC1. The van der Waals surface area contributed by atoms with Gasteiger partial charge in [0.15, 0.2) is 0 Å². The summed E-state index contributed by atoms with van der Waals surface area (Å²) in [6.07, 6.45) is 9.22. The van der Waals surface area contributed by atoms with Crippen LogP contribution in [0.3, 0.4) is 0 Å². The molecule has 6 heterocycles. The highest BCUT2D eigenvalue weighted by Crippen LogP contribution is 2.66. The number of nitrogens with zero attached hydrogens (tertiary/aromatic N) is 4. The molecule has 2 aliphatic carbocycles. The predicted octanol–water partition coefficient (Wildman–Crippen LogP) is 11.8. The molecule has 6 aromatic heterocycles. The molecule has 0 unspecified atom stereocenters. The Morgan fingerprint density at radius 2 is 1.21 bits per heavy atom. The van der Waals surface area contributed by atoms with Crippen molar-refractivity contribution in [2.75, 3.05) is 14.2 Å². The molecule has 0 aromatic carbocycles. The van der Waals surface area contributed by atoms with Gasteiger partial charge in [0.1, 0.15) is 46.9 Å². The molecule has 0 amide bonds. The number of ether oxygens (including phenoxy) is 2. The van der Waals surface area contributed by atoms with E-state index in [-0.39, 0.29) is 16.6 Å². The summed E-state index contributed by atoms with van der Waals surface area (Å²) in [5, 5.41) is 37.1. The lowest BCUT2D eigenvalue weighted by Crippen LogP contribution is -2.27. The first-order valence-corrected chi connectivity index (χ1v) is 19.9. The Bertz CT molecular complexity index is 2500. The van der Waals surface area contributed by atoms with Crippen molar-refractivity contribution in [2.45, 2.75) is 37.5 Å². The van der Waals surface area contributed by atoms with Crippen LogP contribution in [-0.2, 0) is 5.41 Å². The quantitative estimate of drug-likeness (QED) is 0.157. The van der Waals surface area contributed by atoms with Crippen LogP contribution in [0.15, 0.2) is 35.4 Å². The fourth-order valence-electron chi connectivity index (χ4n) is 6.96. The summed E-state index contributed by atoms with van der Waals surface area (Å²) in [6.45, 7) is 0. The molecule has 48 heavy (non-hydrogen) atoms. The third-order valence-electron chi connectivity index (χ3n) is 9.00. The van der Waals surface area contributed by atoms with Crippen LogP contribution in [0.25, 0.3) is 60.2 Å². The Hall–Kier alpha value is -4.24. The van der Waals surface area contributed by atoms with Gasteiger partial charge >= 0.3 is 0 Å². The van der Waals surface area contributed by atoms with Crippen molar-refractivity contribution in [2.24, 2.45) is 0 Å². The van der Waals surface area contributed by atoms with Crippen LogP contribution in [0.5, 0.6) is 11.5 Å². The van der Waals surface area contributed by atoms with Crippen molar-refractivity contribution < 1.29 is 9.47 Å². The third kappa shape index (κ3) is 4.68.